The average molecular weight is 286 g/mol. The summed E-state index contributed by atoms with van der Waals surface area (Å²) in [7, 11) is 0. The summed E-state index contributed by atoms with van der Waals surface area (Å²) in [6.07, 6.45) is 0. The quantitative estimate of drug-likeness (QED) is 0.905. The minimum absolute atomic E-state index is 0.127. The lowest BCUT2D eigenvalue weighted by Crippen LogP contribution is -2.57. The molecule has 1 aromatic heterocycles. The molecule has 6 heteroatoms. The highest BCUT2D eigenvalue weighted by atomic mass is 15.5. The predicted octanol–water partition coefficient (Wildman–Crippen LogP) is 0.905. The molecule has 1 N–H and O–H groups in total. The van der Waals surface area contributed by atoms with Crippen LogP contribution in [0.15, 0.2) is 30.3 Å². The third kappa shape index (κ3) is 3.28. The minimum atomic E-state index is 0.127. The molecule has 1 fully saturated rings. The zero-order chi connectivity index (χ0) is 14.7. The average Bonchev–Trinajstić information content (AvgIpc) is 2.89. The fourth-order valence-electron chi connectivity index (χ4n) is 2.70. The molecule has 0 bridgehead atoms. The molecule has 2 aromatic rings. The SMILES string of the molecule is CC1(C)CNCCN1Cc1nnnn1Cc1ccccc1. The molecule has 6 nitrogen and oxygen atoms in total. The molecule has 0 aliphatic carbocycles. The molecule has 0 unspecified atom stereocenters. The van der Waals surface area contributed by atoms with Crippen molar-refractivity contribution >= 4 is 0 Å². The summed E-state index contributed by atoms with van der Waals surface area (Å²) >= 11 is 0. The lowest BCUT2D eigenvalue weighted by Gasteiger charge is -2.42. The third-order valence-electron chi connectivity index (χ3n) is 4.09. The van der Waals surface area contributed by atoms with E-state index in [1.54, 1.807) is 0 Å². The Labute approximate surface area is 125 Å². The molecule has 1 saturated heterocycles. The highest BCUT2D eigenvalue weighted by molar-refractivity contribution is 5.15. The first-order valence-electron chi connectivity index (χ1n) is 7.40. The Bertz CT molecular complexity index is 577. The summed E-state index contributed by atoms with van der Waals surface area (Å²) in [6, 6.07) is 10.3. The lowest BCUT2D eigenvalue weighted by molar-refractivity contribution is 0.0784. The van der Waals surface area contributed by atoms with Crippen molar-refractivity contribution in [3.63, 3.8) is 0 Å². The molecule has 0 amide bonds. The van der Waals surface area contributed by atoms with E-state index in [1.807, 2.05) is 22.9 Å². The molecular formula is C15H22N6. The maximum Gasteiger partial charge on any atom is 0.165 e. The number of nitrogens with zero attached hydrogens (tertiary/aromatic N) is 5. The molecule has 0 saturated carbocycles. The van der Waals surface area contributed by atoms with Crippen molar-refractivity contribution < 1.29 is 0 Å². The second kappa shape index (κ2) is 5.91. The molecule has 21 heavy (non-hydrogen) atoms. The molecule has 0 spiro atoms. The molecular weight excluding hydrogens is 264 g/mol. The van der Waals surface area contributed by atoms with E-state index in [0.29, 0.717) is 0 Å². The van der Waals surface area contributed by atoms with Crippen molar-refractivity contribution in [3.05, 3.63) is 41.7 Å². The van der Waals surface area contributed by atoms with E-state index < -0.39 is 0 Å². The smallest absolute Gasteiger partial charge is 0.165 e. The van der Waals surface area contributed by atoms with E-state index >= 15 is 0 Å². The normalized spacial score (nSPS) is 18.8. The number of hydrogen-bond acceptors (Lipinski definition) is 5. The van der Waals surface area contributed by atoms with Crippen LogP contribution in [0, 0.1) is 0 Å². The van der Waals surface area contributed by atoms with Gasteiger partial charge in [0, 0.05) is 25.2 Å². The van der Waals surface area contributed by atoms with Crippen LogP contribution in [0.4, 0.5) is 0 Å². The molecule has 3 rings (SSSR count). The van der Waals surface area contributed by atoms with Gasteiger partial charge in [-0.15, -0.1) is 5.10 Å². The van der Waals surface area contributed by atoms with Gasteiger partial charge in [0.05, 0.1) is 13.1 Å². The van der Waals surface area contributed by atoms with Gasteiger partial charge in [0.2, 0.25) is 0 Å². The lowest BCUT2D eigenvalue weighted by atomic mass is 10.0. The van der Waals surface area contributed by atoms with Crippen LogP contribution in [0.3, 0.4) is 0 Å². The number of rotatable bonds is 4. The maximum absolute atomic E-state index is 4.21. The first-order valence-corrected chi connectivity index (χ1v) is 7.40. The van der Waals surface area contributed by atoms with E-state index in [2.05, 4.69) is 51.7 Å². The van der Waals surface area contributed by atoms with E-state index in [9.17, 15) is 0 Å². The molecule has 1 aromatic carbocycles. The molecule has 1 aliphatic heterocycles. The van der Waals surface area contributed by atoms with Gasteiger partial charge in [-0.25, -0.2) is 4.68 Å². The highest BCUT2D eigenvalue weighted by Gasteiger charge is 2.30. The number of hydrogen-bond donors (Lipinski definition) is 1. The Balaban J connectivity index is 1.73. The number of tetrazole rings is 1. The maximum atomic E-state index is 4.21. The summed E-state index contributed by atoms with van der Waals surface area (Å²) < 4.78 is 1.90. The molecule has 2 heterocycles. The Morgan fingerprint density at radius 1 is 1.19 bits per heavy atom. The largest absolute Gasteiger partial charge is 0.314 e. The molecule has 0 atom stereocenters. The van der Waals surface area contributed by atoms with Crippen LogP contribution in [0.2, 0.25) is 0 Å². The van der Waals surface area contributed by atoms with Gasteiger partial charge in [0.1, 0.15) is 0 Å². The summed E-state index contributed by atoms with van der Waals surface area (Å²) in [6.45, 7) is 9.04. The van der Waals surface area contributed by atoms with Gasteiger partial charge in [-0.05, 0) is 29.8 Å². The van der Waals surface area contributed by atoms with Gasteiger partial charge >= 0.3 is 0 Å². The zero-order valence-electron chi connectivity index (χ0n) is 12.7. The van der Waals surface area contributed by atoms with Crippen molar-refractivity contribution in [2.75, 3.05) is 19.6 Å². The van der Waals surface area contributed by atoms with Gasteiger partial charge in [0.25, 0.3) is 0 Å². The number of nitrogens with one attached hydrogen (secondary N) is 1. The van der Waals surface area contributed by atoms with Crippen LogP contribution in [0.5, 0.6) is 0 Å². The monoisotopic (exact) mass is 286 g/mol. The van der Waals surface area contributed by atoms with E-state index in [4.69, 9.17) is 0 Å². The summed E-state index contributed by atoms with van der Waals surface area (Å²) in [5, 5.41) is 15.6. The van der Waals surface area contributed by atoms with Crippen LogP contribution in [-0.2, 0) is 13.1 Å². The second-order valence-corrected chi connectivity index (χ2v) is 6.15. The Morgan fingerprint density at radius 3 is 2.76 bits per heavy atom. The Morgan fingerprint density at radius 2 is 2.00 bits per heavy atom. The predicted molar refractivity (Wildman–Crippen MR) is 80.7 cm³/mol. The topological polar surface area (TPSA) is 58.9 Å². The Kier molecular flexibility index (Phi) is 3.98. The molecule has 112 valence electrons. The van der Waals surface area contributed by atoms with Gasteiger partial charge in [-0.2, -0.15) is 0 Å². The van der Waals surface area contributed by atoms with Crippen molar-refractivity contribution in [1.82, 2.24) is 30.4 Å². The highest BCUT2D eigenvalue weighted by Crippen LogP contribution is 2.18. The Hall–Kier alpha value is -1.79. The summed E-state index contributed by atoms with van der Waals surface area (Å²) in [5.74, 6) is 0.925. The van der Waals surface area contributed by atoms with Crippen LogP contribution < -0.4 is 5.32 Å². The number of benzene rings is 1. The second-order valence-electron chi connectivity index (χ2n) is 6.15. The van der Waals surface area contributed by atoms with Crippen molar-refractivity contribution in [2.45, 2.75) is 32.5 Å². The van der Waals surface area contributed by atoms with Crippen LogP contribution >= 0.6 is 0 Å². The molecule has 0 radical (unpaired) electrons. The van der Waals surface area contributed by atoms with Crippen molar-refractivity contribution in [2.24, 2.45) is 0 Å². The zero-order valence-corrected chi connectivity index (χ0v) is 12.7. The number of piperazine rings is 1. The fourth-order valence-corrected chi connectivity index (χ4v) is 2.70. The summed E-state index contributed by atoms with van der Waals surface area (Å²) in [5.41, 5.74) is 1.34. The van der Waals surface area contributed by atoms with Gasteiger partial charge in [0.15, 0.2) is 5.82 Å². The van der Waals surface area contributed by atoms with Crippen LogP contribution in [0.1, 0.15) is 25.2 Å². The minimum Gasteiger partial charge on any atom is -0.314 e. The van der Waals surface area contributed by atoms with Gasteiger partial charge in [-0.1, -0.05) is 30.3 Å². The van der Waals surface area contributed by atoms with Crippen molar-refractivity contribution in [3.8, 4) is 0 Å². The van der Waals surface area contributed by atoms with E-state index in [0.717, 1.165) is 38.5 Å². The molecule has 1 aliphatic rings. The van der Waals surface area contributed by atoms with E-state index in [1.165, 1.54) is 5.56 Å². The third-order valence-corrected chi connectivity index (χ3v) is 4.09. The van der Waals surface area contributed by atoms with E-state index in [-0.39, 0.29) is 5.54 Å². The van der Waals surface area contributed by atoms with Crippen LogP contribution in [-0.4, -0.2) is 50.3 Å². The number of aromatic nitrogens is 4. The summed E-state index contributed by atoms with van der Waals surface area (Å²) in [4.78, 5) is 2.44. The first kappa shape index (κ1) is 14.2. The van der Waals surface area contributed by atoms with Gasteiger partial charge in [-0.3, -0.25) is 4.90 Å². The van der Waals surface area contributed by atoms with Crippen LogP contribution in [0.25, 0.3) is 0 Å². The fraction of sp³-hybridized carbons (Fsp3) is 0.533. The first-order chi connectivity index (χ1) is 10.1. The van der Waals surface area contributed by atoms with Gasteiger partial charge < -0.3 is 5.32 Å². The van der Waals surface area contributed by atoms with Crippen molar-refractivity contribution in [1.29, 1.82) is 0 Å². The standard InChI is InChI=1S/C15H22N6/c1-15(2)12-16-8-9-20(15)11-14-17-18-19-21(14)10-13-6-4-3-5-7-13/h3-7,16H,8-12H2,1-2H3.